The van der Waals surface area contributed by atoms with Crippen molar-refractivity contribution in [3.8, 4) is 0 Å². The smallest absolute Gasteiger partial charge is 0.407 e. The van der Waals surface area contributed by atoms with E-state index in [1.165, 1.54) is 16.8 Å². The average Bonchev–Trinajstić information content (AvgIpc) is 3.13. The highest BCUT2D eigenvalue weighted by molar-refractivity contribution is 8.14. The highest BCUT2D eigenvalue weighted by Crippen LogP contribution is 2.45. The number of hydrogen-bond donors (Lipinski definition) is 2. The Morgan fingerprint density at radius 2 is 1.70 bits per heavy atom. The summed E-state index contributed by atoms with van der Waals surface area (Å²) in [6.45, 7) is 9.47. The van der Waals surface area contributed by atoms with Gasteiger partial charge in [0.1, 0.15) is 5.60 Å². The third-order valence-corrected chi connectivity index (χ3v) is 6.15. The number of ether oxygens (including phenoxy) is 1. The van der Waals surface area contributed by atoms with E-state index in [-0.39, 0.29) is 18.4 Å². The quantitative estimate of drug-likeness (QED) is 0.538. The van der Waals surface area contributed by atoms with Crippen LogP contribution in [0, 0.1) is 0 Å². The molecule has 1 heterocycles. The summed E-state index contributed by atoms with van der Waals surface area (Å²) in [5.41, 5.74) is 0.135. The first-order chi connectivity index (χ1) is 15.6. The molecule has 0 aromatic heterocycles. The molecular formula is C24H36N4O4S. The molecule has 0 radical (unpaired) electrons. The maximum Gasteiger partial charge on any atom is 0.407 e. The normalized spacial score (nSPS) is 18.0. The second-order valence-corrected chi connectivity index (χ2v) is 10.2. The lowest BCUT2D eigenvalue weighted by Gasteiger charge is -2.36. The van der Waals surface area contributed by atoms with Crippen LogP contribution in [-0.2, 0) is 19.2 Å². The number of amides is 3. The minimum absolute atomic E-state index is 0.0618. The molecule has 1 aliphatic heterocycles. The number of hydrogen-bond acceptors (Lipinski definition) is 6. The van der Waals surface area contributed by atoms with Crippen molar-refractivity contribution < 1.29 is 19.1 Å². The summed E-state index contributed by atoms with van der Waals surface area (Å²) in [6.07, 6.45) is 3.38. The number of benzene rings is 1. The number of thioether (sulfide) groups is 1. The Labute approximate surface area is 200 Å². The highest BCUT2D eigenvalue weighted by Gasteiger charge is 2.49. The van der Waals surface area contributed by atoms with Gasteiger partial charge in [-0.1, -0.05) is 57.0 Å². The van der Waals surface area contributed by atoms with Crippen LogP contribution in [0.1, 0.15) is 78.7 Å². The van der Waals surface area contributed by atoms with Gasteiger partial charge in [0.05, 0.1) is 6.54 Å². The van der Waals surface area contributed by atoms with Crippen LogP contribution >= 0.6 is 11.8 Å². The van der Waals surface area contributed by atoms with Gasteiger partial charge in [0.2, 0.25) is 11.8 Å². The molecular weight excluding hydrogens is 440 g/mol. The van der Waals surface area contributed by atoms with Gasteiger partial charge in [-0.15, -0.1) is 5.10 Å². The summed E-state index contributed by atoms with van der Waals surface area (Å²) in [6, 6.07) is 9.41. The minimum atomic E-state index is -1.05. The SMILES string of the molecule is CCCCC(=O)NC1=NN(C(=O)CCCC)C(CNC(=O)OC(C)(C)C)(c2ccccc2)S1. The van der Waals surface area contributed by atoms with E-state index in [2.05, 4.69) is 15.7 Å². The van der Waals surface area contributed by atoms with E-state index in [1.54, 1.807) is 20.8 Å². The Morgan fingerprint density at radius 3 is 2.30 bits per heavy atom. The summed E-state index contributed by atoms with van der Waals surface area (Å²) in [5.74, 6) is -0.315. The predicted octanol–water partition coefficient (Wildman–Crippen LogP) is 4.71. The van der Waals surface area contributed by atoms with Gasteiger partial charge in [-0.2, -0.15) is 0 Å². The van der Waals surface area contributed by atoms with Crippen molar-refractivity contribution >= 4 is 34.8 Å². The van der Waals surface area contributed by atoms with Crippen molar-refractivity contribution in [2.75, 3.05) is 6.54 Å². The second kappa shape index (κ2) is 12.1. The maximum atomic E-state index is 13.2. The van der Waals surface area contributed by atoms with Gasteiger partial charge >= 0.3 is 6.09 Å². The zero-order valence-corrected chi connectivity index (χ0v) is 21.1. The van der Waals surface area contributed by atoms with Crippen LogP contribution < -0.4 is 10.6 Å². The van der Waals surface area contributed by atoms with Gasteiger partial charge in [-0.05, 0) is 50.9 Å². The molecule has 1 aromatic carbocycles. The molecule has 1 unspecified atom stereocenters. The summed E-state index contributed by atoms with van der Waals surface area (Å²) in [4.78, 5) is 37.0. The fraction of sp³-hybridized carbons (Fsp3) is 0.583. The van der Waals surface area contributed by atoms with E-state index in [9.17, 15) is 14.4 Å². The number of hydrazone groups is 1. The third-order valence-electron chi connectivity index (χ3n) is 4.88. The van der Waals surface area contributed by atoms with Crippen molar-refractivity contribution in [2.24, 2.45) is 5.10 Å². The molecule has 33 heavy (non-hydrogen) atoms. The van der Waals surface area contributed by atoms with E-state index in [1.807, 2.05) is 44.2 Å². The van der Waals surface area contributed by atoms with Gasteiger partial charge in [-0.3, -0.25) is 9.59 Å². The second-order valence-electron chi connectivity index (χ2n) is 8.97. The first kappa shape index (κ1) is 26.7. The molecule has 182 valence electrons. The largest absolute Gasteiger partial charge is 0.444 e. The van der Waals surface area contributed by atoms with Crippen molar-refractivity contribution in [3.05, 3.63) is 35.9 Å². The average molecular weight is 477 g/mol. The molecule has 9 heteroatoms. The lowest BCUT2D eigenvalue weighted by atomic mass is 10.0. The molecule has 0 saturated carbocycles. The van der Waals surface area contributed by atoms with Crippen LogP contribution in [0.4, 0.5) is 4.79 Å². The van der Waals surface area contributed by atoms with E-state index in [4.69, 9.17) is 4.74 Å². The standard InChI is InChI=1S/C24H36N4O4S/c1-6-8-15-19(29)26-21-27-28(20(30)16-9-7-2)24(33-21,18-13-11-10-12-14-18)17-25-22(31)32-23(3,4)5/h10-14H,6-9,15-17H2,1-5H3,(H,25,31)(H,26,27,29). The molecule has 0 fully saturated rings. The summed E-state index contributed by atoms with van der Waals surface area (Å²) >= 11 is 1.26. The number of carbonyl (C=O) groups is 3. The number of carbonyl (C=O) groups excluding carboxylic acids is 3. The number of unbranched alkanes of at least 4 members (excludes halogenated alkanes) is 2. The Morgan fingerprint density at radius 1 is 1.06 bits per heavy atom. The molecule has 1 aromatic rings. The van der Waals surface area contributed by atoms with Crippen LogP contribution in [0.5, 0.6) is 0 Å². The van der Waals surface area contributed by atoms with Crippen LogP contribution in [0.25, 0.3) is 0 Å². The summed E-state index contributed by atoms with van der Waals surface area (Å²) < 4.78 is 5.40. The fourth-order valence-corrected chi connectivity index (χ4v) is 4.49. The van der Waals surface area contributed by atoms with Gasteiger partial charge in [0.15, 0.2) is 10.0 Å². The predicted molar refractivity (Wildman–Crippen MR) is 131 cm³/mol. The Balaban J connectivity index is 2.37. The fourth-order valence-electron chi connectivity index (χ4n) is 3.25. The number of amidine groups is 1. The lowest BCUT2D eigenvalue weighted by molar-refractivity contribution is -0.134. The van der Waals surface area contributed by atoms with E-state index < -0.39 is 16.6 Å². The van der Waals surface area contributed by atoms with Gasteiger partial charge in [0, 0.05) is 12.8 Å². The van der Waals surface area contributed by atoms with Crippen LogP contribution in [0.15, 0.2) is 35.4 Å². The van der Waals surface area contributed by atoms with E-state index >= 15 is 0 Å². The van der Waals surface area contributed by atoms with Crippen molar-refractivity contribution in [3.63, 3.8) is 0 Å². The highest BCUT2D eigenvalue weighted by atomic mass is 32.2. The summed E-state index contributed by atoms with van der Waals surface area (Å²) in [5, 5.41) is 11.9. The van der Waals surface area contributed by atoms with Crippen LogP contribution in [-0.4, -0.2) is 40.2 Å². The first-order valence-corrected chi connectivity index (χ1v) is 12.4. The zero-order valence-electron chi connectivity index (χ0n) is 20.3. The van der Waals surface area contributed by atoms with E-state index in [0.717, 1.165) is 31.2 Å². The van der Waals surface area contributed by atoms with Gasteiger partial charge in [-0.25, -0.2) is 9.80 Å². The zero-order chi connectivity index (χ0) is 24.5. The summed E-state index contributed by atoms with van der Waals surface area (Å²) in [7, 11) is 0. The third kappa shape index (κ3) is 7.77. The van der Waals surface area contributed by atoms with Crippen molar-refractivity contribution in [1.29, 1.82) is 0 Å². The van der Waals surface area contributed by atoms with Gasteiger partial charge in [0.25, 0.3) is 0 Å². The maximum absolute atomic E-state index is 13.2. The van der Waals surface area contributed by atoms with Crippen molar-refractivity contribution in [2.45, 2.75) is 83.6 Å². The molecule has 0 bridgehead atoms. The molecule has 1 aliphatic rings. The minimum Gasteiger partial charge on any atom is -0.444 e. The molecule has 2 rings (SSSR count). The van der Waals surface area contributed by atoms with Crippen LogP contribution in [0.2, 0.25) is 0 Å². The molecule has 8 nitrogen and oxygen atoms in total. The van der Waals surface area contributed by atoms with Crippen LogP contribution in [0.3, 0.4) is 0 Å². The Kier molecular flexibility index (Phi) is 9.76. The number of nitrogens with zero attached hydrogens (tertiary/aromatic N) is 2. The number of alkyl carbamates (subject to hydrolysis) is 1. The lowest BCUT2D eigenvalue weighted by Crippen LogP contribution is -2.50. The van der Waals surface area contributed by atoms with Crippen molar-refractivity contribution in [1.82, 2.24) is 15.6 Å². The molecule has 1 atom stereocenters. The number of nitrogens with one attached hydrogen (secondary N) is 2. The topological polar surface area (TPSA) is 100 Å². The molecule has 3 amide bonds. The molecule has 0 aliphatic carbocycles. The Hall–Kier alpha value is -2.55. The monoisotopic (exact) mass is 476 g/mol. The molecule has 2 N–H and O–H groups in total. The van der Waals surface area contributed by atoms with Gasteiger partial charge < -0.3 is 15.4 Å². The molecule has 0 spiro atoms. The number of rotatable bonds is 9. The van der Waals surface area contributed by atoms with E-state index in [0.29, 0.717) is 18.0 Å². The first-order valence-electron chi connectivity index (χ1n) is 11.5. The Bertz CT molecular complexity index is 854. The molecule has 0 saturated heterocycles.